The zero-order valence-electron chi connectivity index (χ0n) is 16.2. The Morgan fingerprint density at radius 3 is 2.73 bits per heavy atom. The molecule has 5 atom stereocenters. The Kier molecular flexibility index (Phi) is 6.00. The average molecular weight is 360 g/mol. The molecule has 0 amide bonds. The number of oxime groups is 1. The van der Waals surface area contributed by atoms with Crippen LogP contribution in [-0.2, 0) is 4.84 Å². The number of hydrogen-bond donors (Lipinski definition) is 3. The minimum absolute atomic E-state index is 0.122. The molecule has 0 spiro atoms. The van der Waals surface area contributed by atoms with Crippen molar-refractivity contribution in [1.82, 2.24) is 10.6 Å². The van der Waals surface area contributed by atoms with Crippen LogP contribution in [0.5, 0.6) is 0 Å². The molecule has 1 unspecified atom stereocenters. The molecule has 0 aromatic heterocycles. The summed E-state index contributed by atoms with van der Waals surface area (Å²) in [5.41, 5.74) is 0.617. The lowest BCUT2D eigenvalue weighted by atomic mass is 9.59. The second-order valence-corrected chi connectivity index (χ2v) is 8.14. The Balaban J connectivity index is 1.67. The molecule has 0 aliphatic heterocycles. The van der Waals surface area contributed by atoms with Gasteiger partial charge in [-0.05, 0) is 57.7 Å². The molecule has 2 saturated carbocycles. The van der Waals surface area contributed by atoms with Crippen LogP contribution in [0.1, 0.15) is 50.5 Å². The van der Waals surface area contributed by atoms with E-state index in [1.807, 2.05) is 20.3 Å². The molecule has 0 bridgehead atoms. The fraction of sp³-hybridized carbons (Fsp3) is 0.667. The highest BCUT2D eigenvalue weighted by molar-refractivity contribution is 5.62. The van der Waals surface area contributed by atoms with Crippen LogP contribution in [0.4, 0.5) is 0 Å². The molecular weight excluding hydrogens is 326 g/mol. The lowest BCUT2D eigenvalue weighted by Gasteiger charge is -2.48. The largest absolute Gasteiger partial charge is 0.389 e. The van der Waals surface area contributed by atoms with Gasteiger partial charge in [0.05, 0.1) is 5.60 Å². The molecule has 2 fully saturated rings. The predicted octanol–water partition coefficient (Wildman–Crippen LogP) is 2.87. The summed E-state index contributed by atoms with van der Waals surface area (Å²) in [5.74, 6) is 0.710. The highest BCUT2D eigenvalue weighted by Gasteiger charge is 2.58. The average Bonchev–Trinajstić information content (AvgIpc) is 2.92. The SMILES string of the molecule is CNCC(NC)ON=C[C@H]1CC[C@]2(O)C[C@@H](c3ccccc3)CC[C@]12C. The van der Waals surface area contributed by atoms with Crippen LogP contribution < -0.4 is 10.6 Å². The Hall–Kier alpha value is -1.43. The third-order valence-corrected chi connectivity index (χ3v) is 6.76. The number of rotatable bonds is 7. The summed E-state index contributed by atoms with van der Waals surface area (Å²) in [6.45, 7) is 2.93. The van der Waals surface area contributed by atoms with Crippen LogP contribution in [0.2, 0.25) is 0 Å². The maximum absolute atomic E-state index is 11.5. The first kappa shape index (κ1) is 19.3. The smallest absolute Gasteiger partial charge is 0.190 e. The standard InChI is InChI=1S/C21H33N3O2/c1-20-11-9-17(16-7-5-4-6-8-16)13-21(20,25)12-10-18(20)14-24-26-19(23-3)15-22-2/h4-8,14,17-19,22-23,25H,9-13,15H2,1-3H3/t17-,18+,19?,20+,21-/m0/s1. The first-order valence-corrected chi connectivity index (χ1v) is 9.81. The zero-order chi connectivity index (χ0) is 18.6. The quantitative estimate of drug-likeness (QED) is 0.398. The highest BCUT2D eigenvalue weighted by Crippen LogP contribution is 2.60. The van der Waals surface area contributed by atoms with E-state index in [-0.39, 0.29) is 17.6 Å². The van der Waals surface area contributed by atoms with Crippen LogP contribution in [0.25, 0.3) is 0 Å². The first-order valence-electron chi connectivity index (χ1n) is 9.81. The summed E-state index contributed by atoms with van der Waals surface area (Å²) >= 11 is 0. The second kappa shape index (κ2) is 8.07. The van der Waals surface area contributed by atoms with Crippen LogP contribution in [0.15, 0.2) is 35.5 Å². The van der Waals surface area contributed by atoms with E-state index in [0.717, 1.165) is 32.1 Å². The molecule has 144 valence electrons. The number of fused-ring (bicyclic) bond motifs is 1. The normalized spacial score (nSPS) is 35.4. The fourth-order valence-electron chi connectivity index (χ4n) is 4.89. The molecule has 0 heterocycles. The minimum Gasteiger partial charge on any atom is -0.389 e. The Labute approximate surface area is 157 Å². The van der Waals surface area contributed by atoms with Crippen molar-refractivity contribution < 1.29 is 9.94 Å². The van der Waals surface area contributed by atoms with Gasteiger partial charge in [0.25, 0.3) is 0 Å². The molecule has 1 aromatic carbocycles. The van der Waals surface area contributed by atoms with Gasteiger partial charge >= 0.3 is 0 Å². The maximum atomic E-state index is 11.5. The van der Waals surface area contributed by atoms with Gasteiger partial charge in [-0.2, -0.15) is 0 Å². The summed E-state index contributed by atoms with van der Waals surface area (Å²) in [5, 5.41) is 21.9. The van der Waals surface area contributed by atoms with Gasteiger partial charge in [-0.1, -0.05) is 42.4 Å². The maximum Gasteiger partial charge on any atom is 0.190 e. The van der Waals surface area contributed by atoms with E-state index in [1.54, 1.807) is 0 Å². The van der Waals surface area contributed by atoms with Crippen molar-refractivity contribution in [2.45, 2.75) is 56.8 Å². The van der Waals surface area contributed by atoms with Gasteiger partial charge in [0.1, 0.15) is 0 Å². The number of benzene rings is 1. The summed E-state index contributed by atoms with van der Waals surface area (Å²) < 4.78 is 0. The van der Waals surface area contributed by atoms with Crippen molar-refractivity contribution in [3.8, 4) is 0 Å². The molecule has 0 saturated heterocycles. The molecule has 0 radical (unpaired) electrons. The molecule has 2 aliphatic rings. The Morgan fingerprint density at radius 2 is 2.04 bits per heavy atom. The van der Waals surface area contributed by atoms with Crippen LogP contribution in [0, 0.1) is 11.3 Å². The van der Waals surface area contributed by atoms with Gasteiger partial charge < -0.3 is 15.3 Å². The molecule has 5 heteroatoms. The molecule has 1 aromatic rings. The Bertz CT molecular complexity index is 609. The van der Waals surface area contributed by atoms with E-state index in [4.69, 9.17) is 4.84 Å². The van der Waals surface area contributed by atoms with Crippen molar-refractivity contribution in [3.05, 3.63) is 35.9 Å². The topological polar surface area (TPSA) is 65.9 Å². The molecule has 3 N–H and O–H groups in total. The van der Waals surface area contributed by atoms with E-state index >= 15 is 0 Å². The third-order valence-electron chi connectivity index (χ3n) is 6.76. The van der Waals surface area contributed by atoms with Crippen molar-refractivity contribution in [1.29, 1.82) is 0 Å². The molecule has 3 rings (SSSR count). The number of hydrogen-bond acceptors (Lipinski definition) is 5. The van der Waals surface area contributed by atoms with Gasteiger partial charge in [-0.15, -0.1) is 0 Å². The third kappa shape index (κ3) is 3.66. The fourth-order valence-corrected chi connectivity index (χ4v) is 4.89. The van der Waals surface area contributed by atoms with Crippen LogP contribution >= 0.6 is 0 Å². The van der Waals surface area contributed by atoms with Gasteiger partial charge in [-0.25, -0.2) is 0 Å². The summed E-state index contributed by atoms with van der Waals surface area (Å²) in [7, 11) is 3.75. The van der Waals surface area contributed by atoms with Crippen molar-refractivity contribution in [2.75, 3.05) is 20.6 Å². The second-order valence-electron chi connectivity index (χ2n) is 8.14. The summed E-state index contributed by atoms with van der Waals surface area (Å²) in [4.78, 5) is 5.56. The van der Waals surface area contributed by atoms with E-state index in [0.29, 0.717) is 12.5 Å². The Morgan fingerprint density at radius 1 is 1.27 bits per heavy atom. The zero-order valence-corrected chi connectivity index (χ0v) is 16.2. The van der Waals surface area contributed by atoms with Crippen molar-refractivity contribution >= 4 is 6.21 Å². The first-order chi connectivity index (χ1) is 12.5. The van der Waals surface area contributed by atoms with Gasteiger partial charge in [0, 0.05) is 24.1 Å². The van der Waals surface area contributed by atoms with Gasteiger partial charge in [0.2, 0.25) is 0 Å². The van der Waals surface area contributed by atoms with Crippen molar-refractivity contribution in [3.63, 3.8) is 0 Å². The van der Waals surface area contributed by atoms with E-state index < -0.39 is 5.60 Å². The lowest BCUT2D eigenvalue weighted by molar-refractivity contribution is -0.0960. The van der Waals surface area contributed by atoms with E-state index in [2.05, 4.69) is 53.0 Å². The molecule has 5 nitrogen and oxygen atoms in total. The molecule has 2 aliphatic carbocycles. The number of nitrogens with one attached hydrogen (secondary N) is 2. The predicted molar refractivity (Wildman–Crippen MR) is 105 cm³/mol. The number of aliphatic hydroxyl groups is 1. The number of nitrogens with zero attached hydrogens (tertiary/aromatic N) is 1. The van der Waals surface area contributed by atoms with E-state index in [1.165, 1.54) is 5.56 Å². The summed E-state index contributed by atoms with van der Waals surface area (Å²) in [6, 6.07) is 10.6. The lowest BCUT2D eigenvalue weighted by Crippen LogP contribution is -2.49. The highest BCUT2D eigenvalue weighted by atomic mass is 16.6. The van der Waals surface area contributed by atoms with Gasteiger partial charge in [-0.3, -0.25) is 5.32 Å². The van der Waals surface area contributed by atoms with Crippen molar-refractivity contribution in [2.24, 2.45) is 16.5 Å². The van der Waals surface area contributed by atoms with E-state index in [9.17, 15) is 5.11 Å². The summed E-state index contributed by atoms with van der Waals surface area (Å²) in [6.07, 6.45) is 6.59. The van der Waals surface area contributed by atoms with Crippen LogP contribution in [-0.4, -0.2) is 43.8 Å². The number of likely N-dealkylation sites (N-methyl/N-ethyl adjacent to an activating group) is 2. The minimum atomic E-state index is -0.615. The monoisotopic (exact) mass is 359 g/mol. The molecule has 26 heavy (non-hydrogen) atoms. The van der Waals surface area contributed by atoms with Crippen LogP contribution in [0.3, 0.4) is 0 Å². The molecular formula is C21H33N3O2. The van der Waals surface area contributed by atoms with Gasteiger partial charge in [0.15, 0.2) is 6.23 Å².